The number of hydrogen-bond donors (Lipinski definition) is 1. The maximum absolute atomic E-state index is 13.0. The van der Waals surface area contributed by atoms with Crippen molar-refractivity contribution < 1.29 is 8.81 Å². The van der Waals surface area contributed by atoms with Crippen molar-refractivity contribution in [2.24, 2.45) is 0 Å². The predicted molar refractivity (Wildman–Crippen MR) is 95.2 cm³/mol. The minimum absolute atomic E-state index is 0.237. The van der Waals surface area contributed by atoms with Gasteiger partial charge >= 0.3 is 0 Å². The highest BCUT2D eigenvalue weighted by atomic mass is 19.1. The molecule has 0 aliphatic carbocycles. The first kappa shape index (κ1) is 16.5. The average Bonchev–Trinajstić information content (AvgIpc) is 3.09. The quantitative estimate of drug-likeness (QED) is 0.647. The molecule has 0 spiro atoms. The first-order chi connectivity index (χ1) is 11.7. The Hall–Kier alpha value is -2.39. The third-order valence-corrected chi connectivity index (χ3v) is 4.12. The van der Waals surface area contributed by atoms with Gasteiger partial charge in [-0.15, -0.1) is 0 Å². The molecule has 3 rings (SSSR count). The highest BCUT2D eigenvalue weighted by Crippen LogP contribution is 2.22. The van der Waals surface area contributed by atoms with Crippen LogP contribution in [0.25, 0.3) is 11.3 Å². The summed E-state index contributed by atoms with van der Waals surface area (Å²) in [6.07, 6.45) is 2.14. The molecule has 0 unspecified atom stereocenters. The molecule has 3 heteroatoms. The van der Waals surface area contributed by atoms with Crippen molar-refractivity contribution in [3.63, 3.8) is 0 Å². The molecule has 1 aromatic heterocycles. The number of aryl methyl sites for hydroxylation is 1. The summed E-state index contributed by atoms with van der Waals surface area (Å²) < 4.78 is 18.8. The fourth-order valence-corrected chi connectivity index (χ4v) is 2.65. The molecule has 24 heavy (non-hydrogen) atoms. The average molecular weight is 323 g/mol. The highest BCUT2D eigenvalue weighted by molar-refractivity contribution is 5.57. The smallest absolute Gasteiger partial charge is 0.134 e. The largest absolute Gasteiger partial charge is 0.460 e. The van der Waals surface area contributed by atoms with Crippen LogP contribution in [0.3, 0.4) is 0 Å². The molecule has 0 aliphatic heterocycles. The van der Waals surface area contributed by atoms with E-state index in [0.717, 1.165) is 29.9 Å². The Morgan fingerprint density at radius 1 is 0.958 bits per heavy atom. The van der Waals surface area contributed by atoms with E-state index in [1.165, 1.54) is 17.7 Å². The van der Waals surface area contributed by atoms with E-state index in [1.54, 1.807) is 12.1 Å². The van der Waals surface area contributed by atoms with Crippen LogP contribution in [0.4, 0.5) is 4.39 Å². The van der Waals surface area contributed by atoms with Gasteiger partial charge in [0.2, 0.25) is 0 Å². The minimum atomic E-state index is -0.237. The van der Waals surface area contributed by atoms with E-state index >= 15 is 0 Å². The van der Waals surface area contributed by atoms with E-state index in [4.69, 9.17) is 4.42 Å². The summed E-state index contributed by atoms with van der Waals surface area (Å²) in [5, 5.41) is 3.49. The monoisotopic (exact) mass is 323 g/mol. The van der Waals surface area contributed by atoms with Gasteiger partial charge in [-0.3, -0.25) is 0 Å². The van der Waals surface area contributed by atoms with Crippen LogP contribution in [0.5, 0.6) is 0 Å². The van der Waals surface area contributed by atoms with Gasteiger partial charge in [0, 0.05) is 11.6 Å². The molecule has 0 saturated heterocycles. The Balaban J connectivity index is 1.49. The SMILES string of the molecule is C[C@@H](CCc1ccccc1)NCc1ccc(-c2ccc(F)cc2)o1. The Bertz CT molecular complexity index is 749. The van der Waals surface area contributed by atoms with Gasteiger partial charge in [-0.1, -0.05) is 30.3 Å². The van der Waals surface area contributed by atoms with E-state index in [1.807, 2.05) is 18.2 Å². The maximum Gasteiger partial charge on any atom is 0.134 e. The van der Waals surface area contributed by atoms with Gasteiger partial charge in [0.25, 0.3) is 0 Å². The number of furan rings is 1. The van der Waals surface area contributed by atoms with E-state index < -0.39 is 0 Å². The Morgan fingerprint density at radius 2 is 1.71 bits per heavy atom. The van der Waals surface area contributed by atoms with E-state index in [9.17, 15) is 4.39 Å². The summed E-state index contributed by atoms with van der Waals surface area (Å²) in [6, 6.07) is 21.2. The molecular weight excluding hydrogens is 301 g/mol. The van der Waals surface area contributed by atoms with Crippen LogP contribution in [-0.4, -0.2) is 6.04 Å². The topological polar surface area (TPSA) is 25.2 Å². The van der Waals surface area contributed by atoms with Crippen molar-refractivity contribution in [3.05, 3.63) is 83.9 Å². The summed E-state index contributed by atoms with van der Waals surface area (Å²) in [5.41, 5.74) is 2.25. The number of benzene rings is 2. The van der Waals surface area contributed by atoms with Crippen LogP contribution < -0.4 is 5.32 Å². The van der Waals surface area contributed by atoms with Crippen molar-refractivity contribution in [1.82, 2.24) is 5.32 Å². The Morgan fingerprint density at radius 3 is 2.46 bits per heavy atom. The van der Waals surface area contributed by atoms with Gasteiger partial charge in [0.1, 0.15) is 17.3 Å². The van der Waals surface area contributed by atoms with Gasteiger partial charge in [-0.2, -0.15) is 0 Å². The van der Waals surface area contributed by atoms with Gasteiger partial charge in [0.15, 0.2) is 0 Å². The van der Waals surface area contributed by atoms with Crippen LogP contribution in [0.1, 0.15) is 24.7 Å². The summed E-state index contributed by atoms with van der Waals surface area (Å²) >= 11 is 0. The molecular formula is C21H22FNO. The molecule has 2 aromatic carbocycles. The molecule has 1 heterocycles. The molecule has 0 aliphatic rings. The van der Waals surface area contributed by atoms with Gasteiger partial charge < -0.3 is 9.73 Å². The lowest BCUT2D eigenvalue weighted by Crippen LogP contribution is -2.25. The molecule has 2 nitrogen and oxygen atoms in total. The number of nitrogens with one attached hydrogen (secondary N) is 1. The lowest BCUT2D eigenvalue weighted by atomic mass is 10.1. The normalized spacial score (nSPS) is 12.2. The Labute approximate surface area is 142 Å². The van der Waals surface area contributed by atoms with Crippen LogP contribution in [-0.2, 0) is 13.0 Å². The lowest BCUT2D eigenvalue weighted by molar-refractivity contribution is 0.449. The molecule has 0 amide bonds. The van der Waals surface area contributed by atoms with Crippen LogP contribution >= 0.6 is 0 Å². The molecule has 0 saturated carbocycles. The van der Waals surface area contributed by atoms with Gasteiger partial charge in [-0.25, -0.2) is 4.39 Å². The standard InChI is InChI=1S/C21H22FNO/c1-16(7-8-17-5-3-2-4-6-17)23-15-20-13-14-21(24-20)18-9-11-19(22)12-10-18/h2-6,9-14,16,23H,7-8,15H2,1H3/t16-/m0/s1. The van der Waals surface area contributed by atoms with Crippen LogP contribution in [0.2, 0.25) is 0 Å². The summed E-state index contributed by atoms with van der Waals surface area (Å²) in [6.45, 7) is 2.88. The molecule has 0 radical (unpaired) electrons. The van der Waals surface area contributed by atoms with Crippen molar-refractivity contribution in [2.75, 3.05) is 0 Å². The van der Waals surface area contributed by atoms with E-state index in [0.29, 0.717) is 12.6 Å². The summed E-state index contributed by atoms with van der Waals surface area (Å²) in [5.74, 6) is 1.42. The third-order valence-electron chi connectivity index (χ3n) is 4.12. The zero-order valence-corrected chi connectivity index (χ0v) is 13.8. The molecule has 0 bridgehead atoms. The highest BCUT2D eigenvalue weighted by Gasteiger charge is 2.07. The van der Waals surface area contributed by atoms with E-state index in [2.05, 4.69) is 36.5 Å². The molecule has 1 N–H and O–H groups in total. The van der Waals surface area contributed by atoms with Crippen molar-refractivity contribution >= 4 is 0 Å². The van der Waals surface area contributed by atoms with Crippen LogP contribution in [0, 0.1) is 5.82 Å². The van der Waals surface area contributed by atoms with Gasteiger partial charge in [-0.05, 0) is 61.7 Å². The second-order valence-corrected chi connectivity index (χ2v) is 6.08. The molecule has 0 fully saturated rings. The first-order valence-corrected chi connectivity index (χ1v) is 8.32. The fraction of sp³-hybridized carbons (Fsp3) is 0.238. The molecule has 3 aromatic rings. The third kappa shape index (κ3) is 4.56. The van der Waals surface area contributed by atoms with Crippen molar-refractivity contribution in [3.8, 4) is 11.3 Å². The number of hydrogen-bond acceptors (Lipinski definition) is 2. The predicted octanol–water partition coefficient (Wildman–Crippen LogP) is 5.20. The zero-order chi connectivity index (χ0) is 16.8. The summed E-state index contributed by atoms with van der Waals surface area (Å²) in [7, 11) is 0. The maximum atomic E-state index is 13.0. The second kappa shape index (κ2) is 7.93. The second-order valence-electron chi connectivity index (χ2n) is 6.08. The molecule has 1 atom stereocenters. The summed E-state index contributed by atoms with van der Waals surface area (Å²) in [4.78, 5) is 0. The van der Waals surface area contributed by atoms with Crippen molar-refractivity contribution in [1.29, 1.82) is 0 Å². The van der Waals surface area contributed by atoms with Gasteiger partial charge in [0.05, 0.1) is 6.54 Å². The zero-order valence-electron chi connectivity index (χ0n) is 13.8. The lowest BCUT2D eigenvalue weighted by Gasteiger charge is -2.12. The molecule has 124 valence electrons. The minimum Gasteiger partial charge on any atom is -0.460 e. The van der Waals surface area contributed by atoms with Crippen molar-refractivity contribution in [2.45, 2.75) is 32.4 Å². The number of halogens is 1. The van der Waals surface area contributed by atoms with Crippen LogP contribution in [0.15, 0.2) is 71.1 Å². The first-order valence-electron chi connectivity index (χ1n) is 8.32. The Kier molecular flexibility index (Phi) is 5.44. The number of rotatable bonds is 7. The fourth-order valence-electron chi connectivity index (χ4n) is 2.65. The van der Waals surface area contributed by atoms with E-state index in [-0.39, 0.29) is 5.82 Å².